The zero-order valence-corrected chi connectivity index (χ0v) is 15.9. The van der Waals surface area contributed by atoms with Gasteiger partial charge in [-0.1, -0.05) is 12.1 Å². The van der Waals surface area contributed by atoms with E-state index in [0.717, 1.165) is 6.54 Å². The molecule has 1 aliphatic rings. The van der Waals surface area contributed by atoms with Crippen molar-refractivity contribution < 1.29 is 14.4 Å². The second-order valence-corrected chi connectivity index (χ2v) is 6.72. The van der Waals surface area contributed by atoms with Gasteiger partial charge in [0.1, 0.15) is 6.54 Å². The van der Waals surface area contributed by atoms with Gasteiger partial charge in [-0.05, 0) is 50.5 Å². The van der Waals surface area contributed by atoms with Crippen molar-refractivity contribution in [1.82, 2.24) is 10.2 Å². The topological polar surface area (TPSA) is 93.8 Å². The minimum atomic E-state index is -0.412. The van der Waals surface area contributed by atoms with Gasteiger partial charge in [0.25, 0.3) is 5.91 Å². The van der Waals surface area contributed by atoms with Gasteiger partial charge in [0.2, 0.25) is 5.91 Å². The van der Waals surface area contributed by atoms with E-state index in [0.29, 0.717) is 29.2 Å². The van der Waals surface area contributed by atoms with Crippen LogP contribution in [0.1, 0.15) is 10.4 Å². The Morgan fingerprint density at radius 3 is 2.54 bits per heavy atom. The molecule has 0 fully saturated rings. The fourth-order valence-corrected chi connectivity index (χ4v) is 2.81. The van der Waals surface area contributed by atoms with Crippen molar-refractivity contribution in [3.05, 3.63) is 54.1 Å². The highest BCUT2D eigenvalue weighted by Gasteiger charge is 2.26. The molecule has 3 rings (SSSR count). The lowest BCUT2D eigenvalue weighted by molar-refractivity contribution is -0.115. The zero-order valence-electron chi connectivity index (χ0n) is 15.9. The van der Waals surface area contributed by atoms with Gasteiger partial charge in [-0.3, -0.25) is 14.5 Å². The first-order chi connectivity index (χ1) is 13.4. The van der Waals surface area contributed by atoms with E-state index in [2.05, 4.69) is 16.0 Å². The number of benzene rings is 2. The maximum atomic E-state index is 12.7. The molecule has 0 aromatic heterocycles. The molecule has 0 aliphatic carbocycles. The first kappa shape index (κ1) is 19.4. The summed E-state index contributed by atoms with van der Waals surface area (Å²) >= 11 is 0. The molecule has 28 heavy (non-hydrogen) atoms. The molecule has 3 N–H and O–H groups in total. The fraction of sp³-hybridized carbons (Fsp3) is 0.250. The summed E-state index contributed by atoms with van der Waals surface area (Å²) < 4.78 is 0. The number of hydrogen-bond donors (Lipinski definition) is 3. The number of rotatable bonds is 5. The summed E-state index contributed by atoms with van der Waals surface area (Å²) in [6.07, 6.45) is 0. The number of hydrogen-bond acceptors (Lipinski definition) is 4. The van der Waals surface area contributed by atoms with E-state index < -0.39 is 6.03 Å². The lowest BCUT2D eigenvalue weighted by Gasteiger charge is -2.29. The van der Waals surface area contributed by atoms with Crippen molar-refractivity contribution in [3.63, 3.8) is 0 Å². The zero-order chi connectivity index (χ0) is 20.1. The first-order valence-electron chi connectivity index (χ1n) is 8.94. The van der Waals surface area contributed by atoms with E-state index in [1.165, 1.54) is 4.90 Å². The predicted molar refractivity (Wildman–Crippen MR) is 109 cm³/mol. The molecule has 0 unspecified atom stereocenters. The number of para-hydroxylation sites is 2. The van der Waals surface area contributed by atoms with Gasteiger partial charge in [0.15, 0.2) is 0 Å². The monoisotopic (exact) mass is 381 g/mol. The Balaban J connectivity index is 1.64. The van der Waals surface area contributed by atoms with Gasteiger partial charge in [-0.25, -0.2) is 4.79 Å². The van der Waals surface area contributed by atoms with Crippen LogP contribution >= 0.6 is 0 Å². The molecule has 2 aromatic carbocycles. The molecular formula is C20H23N5O3. The van der Waals surface area contributed by atoms with Gasteiger partial charge in [0.05, 0.1) is 11.4 Å². The number of carbonyl (C=O) groups excluding carboxylic acids is 3. The van der Waals surface area contributed by atoms with Crippen molar-refractivity contribution in [2.45, 2.75) is 0 Å². The molecule has 0 atom stereocenters. The average molecular weight is 381 g/mol. The maximum absolute atomic E-state index is 12.7. The van der Waals surface area contributed by atoms with E-state index in [9.17, 15) is 14.4 Å². The Hall–Kier alpha value is -3.39. The molecule has 1 aliphatic heterocycles. The van der Waals surface area contributed by atoms with Crippen molar-refractivity contribution in [2.24, 2.45) is 0 Å². The quantitative estimate of drug-likeness (QED) is 0.738. The van der Waals surface area contributed by atoms with Crippen LogP contribution in [0.25, 0.3) is 0 Å². The van der Waals surface area contributed by atoms with Crippen LogP contribution in [0.4, 0.5) is 21.9 Å². The van der Waals surface area contributed by atoms with Crippen LogP contribution < -0.4 is 20.9 Å². The molecule has 0 saturated heterocycles. The summed E-state index contributed by atoms with van der Waals surface area (Å²) in [5.41, 5.74) is 2.29. The summed E-state index contributed by atoms with van der Waals surface area (Å²) in [5, 5.41) is 8.35. The Morgan fingerprint density at radius 1 is 1.11 bits per heavy atom. The number of carbonyl (C=O) groups is 3. The predicted octanol–water partition coefficient (Wildman–Crippen LogP) is 1.97. The SMILES string of the molecule is CN(C)CCNC(=O)c1ccc(NC(=O)N2CC(=O)Nc3ccccc32)cc1. The summed E-state index contributed by atoms with van der Waals surface area (Å²) in [5.74, 6) is -0.417. The number of anilines is 3. The molecule has 1 heterocycles. The van der Waals surface area contributed by atoms with E-state index in [1.54, 1.807) is 48.5 Å². The minimum absolute atomic E-state index is 0.0603. The largest absolute Gasteiger partial charge is 0.351 e. The van der Waals surface area contributed by atoms with Crippen molar-refractivity contribution in [2.75, 3.05) is 49.3 Å². The minimum Gasteiger partial charge on any atom is -0.351 e. The maximum Gasteiger partial charge on any atom is 0.326 e. The average Bonchev–Trinajstić information content (AvgIpc) is 2.67. The second kappa shape index (κ2) is 8.53. The molecule has 0 bridgehead atoms. The van der Waals surface area contributed by atoms with Gasteiger partial charge in [-0.15, -0.1) is 0 Å². The van der Waals surface area contributed by atoms with Crippen molar-refractivity contribution >= 4 is 34.9 Å². The molecule has 0 radical (unpaired) electrons. The van der Waals surface area contributed by atoms with Crippen LogP contribution in [-0.2, 0) is 4.79 Å². The summed E-state index contributed by atoms with van der Waals surface area (Å²) in [4.78, 5) is 40.0. The summed E-state index contributed by atoms with van der Waals surface area (Å²) in [6, 6.07) is 13.3. The number of nitrogens with one attached hydrogen (secondary N) is 3. The smallest absolute Gasteiger partial charge is 0.326 e. The van der Waals surface area contributed by atoms with Crippen LogP contribution in [0.15, 0.2) is 48.5 Å². The van der Waals surface area contributed by atoms with Crippen LogP contribution in [-0.4, -0.2) is 56.5 Å². The highest BCUT2D eigenvalue weighted by atomic mass is 16.2. The Kier molecular flexibility index (Phi) is 5.90. The van der Waals surface area contributed by atoms with Gasteiger partial charge in [0, 0.05) is 24.3 Å². The summed E-state index contributed by atoms with van der Waals surface area (Å²) in [6.45, 7) is 1.25. The molecule has 0 spiro atoms. The van der Waals surface area contributed by atoms with Gasteiger partial charge < -0.3 is 20.9 Å². The van der Waals surface area contributed by atoms with Crippen LogP contribution in [0.2, 0.25) is 0 Å². The van der Waals surface area contributed by atoms with Crippen LogP contribution in [0.3, 0.4) is 0 Å². The third-order valence-electron chi connectivity index (χ3n) is 4.26. The van der Waals surface area contributed by atoms with E-state index in [4.69, 9.17) is 0 Å². The second-order valence-electron chi connectivity index (χ2n) is 6.72. The standard InChI is InChI=1S/C20H23N5O3/c1-24(2)12-11-21-19(27)14-7-9-15(10-8-14)22-20(28)25-13-18(26)23-16-5-3-4-6-17(16)25/h3-10H,11-13H2,1-2H3,(H,21,27)(H,22,28)(H,23,26). The molecular weight excluding hydrogens is 358 g/mol. The number of likely N-dealkylation sites (N-methyl/N-ethyl adjacent to an activating group) is 1. The Bertz CT molecular complexity index is 880. The van der Waals surface area contributed by atoms with E-state index in [1.807, 2.05) is 19.0 Å². The third-order valence-corrected chi connectivity index (χ3v) is 4.26. The number of amides is 4. The lowest BCUT2D eigenvalue weighted by Crippen LogP contribution is -2.44. The third kappa shape index (κ3) is 4.66. The lowest BCUT2D eigenvalue weighted by atomic mass is 10.2. The van der Waals surface area contributed by atoms with Gasteiger partial charge in [-0.2, -0.15) is 0 Å². The highest BCUT2D eigenvalue weighted by molar-refractivity contribution is 6.12. The molecule has 8 heteroatoms. The molecule has 4 amide bonds. The number of urea groups is 1. The summed E-state index contributed by atoms with van der Waals surface area (Å²) in [7, 11) is 3.88. The normalized spacial score (nSPS) is 13.0. The molecule has 146 valence electrons. The van der Waals surface area contributed by atoms with E-state index >= 15 is 0 Å². The number of fused-ring (bicyclic) bond motifs is 1. The van der Waals surface area contributed by atoms with Gasteiger partial charge >= 0.3 is 6.03 Å². The molecule has 2 aromatic rings. The Morgan fingerprint density at radius 2 is 1.82 bits per heavy atom. The molecule has 0 saturated carbocycles. The molecule has 8 nitrogen and oxygen atoms in total. The fourth-order valence-electron chi connectivity index (χ4n) is 2.81. The van der Waals surface area contributed by atoms with Crippen molar-refractivity contribution in [1.29, 1.82) is 0 Å². The first-order valence-corrected chi connectivity index (χ1v) is 8.94. The van der Waals surface area contributed by atoms with Crippen LogP contribution in [0.5, 0.6) is 0 Å². The van der Waals surface area contributed by atoms with E-state index in [-0.39, 0.29) is 18.4 Å². The number of nitrogens with zero attached hydrogens (tertiary/aromatic N) is 2. The Labute approximate surface area is 163 Å². The van der Waals surface area contributed by atoms with Crippen LogP contribution in [0, 0.1) is 0 Å². The van der Waals surface area contributed by atoms with Crippen molar-refractivity contribution in [3.8, 4) is 0 Å². The highest BCUT2D eigenvalue weighted by Crippen LogP contribution is 2.29.